The molecule has 41 heavy (non-hydrogen) atoms. The Morgan fingerprint density at radius 2 is 1.51 bits per heavy atom. The minimum atomic E-state index is -5.64. The van der Waals surface area contributed by atoms with Gasteiger partial charge in [0.15, 0.2) is 0 Å². The van der Waals surface area contributed by atoms with Crippen molar-refractivity contribution in [1.29, 1.82) is 0 Å². The third-order valence-corrected chi connectivity index (χ3v) is 8.41. The zero-order valence-electron chi connectivity index (χ0n) is 20.7. The molecule has 0 aliphatic carbocycles. The van der Waals surface area contributed by atoms with E-state index in [2.05, 4.69) is 29.8 Å². The molecule has 3 aromatic rings. The number of benzene rings is 3. The van der Waals surface area contributed by atoms with Crippen LogP contribution in [0.1, 0.15) is 47.3 Å². The second kappa shape index (κ2) is 18.7. The van der Waals surface area contributed by atoms with Gasteiger partial charge in [-0.25, -0.2) is 4.79 Å². The fourth-order valence-electron chi connectivity index (χ4n) is 3.54. The molecule has 0 amide bonds. The zero-order chi connectivity index (χ0) is 28.1. The van der Waals surface area contributed by atoms with Crippen molar-refractivity contribution < 1.29 is 37.8 Å². The Kier molecular flexibility index (Phi) is 19.0. The molecule has 0 bridgehead atoms. The van der Waals surface area contributed by atoms with Crippen LogP contribution in [0.15, 0.2) is 65.1 Å². The Balaban J connectivity index is 0.00000533. The maximum absolute atomic E-state index is 14.0. The molecule has 6 nitrogen and oxygen atoms in total. The van der Waals surface area contributed by atoms with Crippen molar-refractivity contribution in [3.05, 3.63) is 87.4 Å². The number of rotatable bonds is 12. The van der Waals surface area contributed by atoms with Crippen LogP contribution in [0.2, 0.25) is 0 Å². The molecule has 0 atom stereocenters. The summed E-state index contributed by atoms with van der Waals surface area (Å²) in [5.74, 6) is 0.892. The summed E-state index contributed by atoms with van der Waals surface area (Å²) < 4.78 is 44.8. The SMILES string of the molecule is CC(C)CCOc1ccc(-c2ccc(CSCc3ccc(C(F)(F)P(=O)(O)O)c(Br)c3)cc2)cc1C(=O)O.[NaH].[NaH].[NaH]. The van der Waals surface area contributed by atoms with Gasteiger partial charge >= 0.3 is 108 Å². The number of hydrogen-bond donors (Lipinski definition) is 3. The van der Waals surface area contributed by atoms with E-state index in [1.807, 2.05) is 30.3 Å². The first-order chi connectivity index (χ1) is 17.8. The van der Waals surface area contributed by atoms with Crippen LogP contribution in [0, 0.1) is 5.92 Å². The van der Waals surface area contributed by atoms with Gasteiger partial charge in [0.2, 0.25) is 0 Å². The molecule has 3 aromatic carbocycles. The molecule has 0 fully saturated rings. The molecular weight excluding hydrogens is 670 g/mol. The van der Waals surface area contributed by atoms with Crippen LogP contribution in [0.5, 0.6) is 5.75 Å². The van der Waals surface area contributed by atoms with Crippen molar-refractivity contribution in [2.75, 3.05) is 6.61 Å². The van der Waals surface area contributed by atoms with Gasteiger partial charge in [-0.2, -0.15) is 20.5 Å². The molecule has 0 saturated carbocycles. The minimum absolute atomic E-state index is 0. The number of carboxylic acid groups (broad SMARTS) is 1. The fourth-order valence-corrected chi connectivity index (χ4v) is 5.82. The van der Waals surface area contributed by atoms with Crippen molar-refractivity contribution in [2.24, 2.45) is 5.92 Å². The van der Waals surface area contributed by atoms with Gasteiger partial charge in [-0.05, 0) is 52.8 Å². The first-order valence-electron chi connectivity index (χ1n) is 11.7. The number of carbonyl (C=O) groups is 1. The van der Waals surface area contributed by atoms with Crippen LogP contribution in [0.25, 0.3) is 11.1 Å². The van der Waals surface area contributed by atoms with Crippen LogP contribution in [-0.2, 0) is 21.7 Å². The summed E-state index contributed by atoms with van der Waals surface area (Å²) >= 11 is 4.55. The summed E-state index contributed by atoms with van der Waals surface area (Å²) in [5, 5.41) is 9.63. The van der Waals surface area contributed by atoms with E-state index in [9.17, 15) is 23.2 Å². The van der Waals surface area contributed by atoms with Gasteiger partial charge in [-0.3, -0.25) is 4.57 Å². The summed E-state index contributed by atoms with van der Waals surface area (Å²) in [5.41, 5.74) is -1.55. The molecular formula is C27H31BrF2Na3O6PS. The van der Waals surface area contributed by atoms with Gasteiger partial charge in [0.1, 0.15) is 11.3 Å². The predicted octanol–water partition coefficient (Wildman–Crippen LogP) is 5.95. The van der Waals surface area contributed by atoms with Gasteiger partial charge in [0, 0.05) is 21.5 Å². The fraction of sp³-hybridized carbons (Fsp3) is 0.296. The number of hydrogen-bond acceptors (Lipinski definition) is 4. The van der Waals surface area contributed by atoms with E-state index < -0.39 is 24.8 Å². The van der Waals surface area contributed by atoms with Crippen LogP contribution in [0.3, 0.4) is 0 Å². The zero-order valence-corrected chi connectivity index (χ0v) is 24.0. The topological polar surface area (TPSA) is 104 Å². The Bertz CT molecular complexity index is 1340. The molecule has 210 valence electrons. The van der Waals surface area contributed by atoms with Crippen molar-refractivity contribution >= 4 is 130 Å². The Hall–Kier alpha value is 0.770. The summed E-state index contributed by atoms with van der Waals surface area (Å²) in [6.07, 6.45) is 0.829. The number of ether oxygens (including phenoxy) is 1. The monoisotopic (exact) mass is 700 g/mol. The maximum atomic E-state index is 14.0. The molecule has 0 aromatic heterocycles. The average Bonchev–Trinajstić information content (AvgIpc) is 2.83. The van der Waals surface area contributed by atoms with Gasteiger partial charge in [-0.15, -0.1) is 0 Å². The molecule has 0 saturated heterocycles. The normalized spacial score (nSPS) is 11.2. The quantitative estimate of drug-likeness (QED) is 0.158. The van der Waals surface area contributed by atoms with Crippen LogP contribution in [-0.4, -0.2) is 116 Å². The van der Waals surface area contributed by atoms with Crippen molar-refractivity contribution in [2.45, 2.75) is 37.4 Å². The molecule has 3 N–H and O–H groups in total. The van der Waals surface area contributed by atoms with Crippen molar-refractivity contribution in [3.63, 3.8) is 0 Å². The number of halogens is 3. The molecule has 0 aliphatic rings. The van der Waals surface area contributed by atoms with Gasteiger partial charge in [-0.1, -0.05) is 72.2 Å². The van der Waals surface area contributed by atoms with Crippen LogP contribution >= 0.6 is 35.3 Å². The summed E-state index contributed by atoms with van der Waals surface area (Å²) in [6, 6.07) is 16.7. The van der Waals surface area contributed by atoms with Crippen LogP contribution < -0.4 is 4.74 Å². The second-order valence-electron chi connectivity index (χ2n) is 9.14. The van der Waals surface area contributed by atoms with Gasteiger partial charge in [0.05, 0.1) is 6.61 Å². The molecule has 0 spiro atoms. The first kappa shape index (κ1) is 41.8. The van der Waals surface area contributed by atoms with E-state index in [1.165, 1.54) is 12.1 Å². The third kappa shape index (κ3) is 11.9. The van der Waals surface area contributed by atoms with E-state index in [4.69, 9.17) is 14.5 Å². The number of aromatic carboxylic acids is 1. The van der Waals surface area contributed by atoms with E-state index in [0.717, 1.165) is 34.7 Å². The molecule has 0 aliphatic heterocycles. The van der Waals surface area contributed by atoms with E-state index in [0.29, 0.717) is 29.8 Å². The summed E-state index contributed by atoms with van der Waals surface area (Å²) in [4.78, 5) is 29.7. The number of thioether (sulfide) groups is 1. The van der Waals surface area contributed by atoms with Gasteiger partial charge < -0.3 is 19.6 Å². The Labute approximate surface area is 318 Å². The van der Waals surface area contributed by atoms with E-state index in [1.54, 1.807) is 23.9 Å². The van der Waals surface area contributed by atoms with Gasteiger partial charge in [0.25, 0.3) is 0 Å². The molecule has 0 radical (unpaired) electrons. The van der Waals surface area contributed by atoms with Crippen molar-refractivity contribution in [3.8, 4) is 16.9 Å². The number of alkyl halides is 2. The second-order valence-corrected chi connectivity index (χ2v) is 12.6. The first-order valence-corrected chi connectivity index (χ1v) is 15.2. The molecule has 0 heterocycles. The summed E-state index contributed by atoms with van der Waals surface area (Å²) in [7, 11) is -5.64. The van der Waals surface area contributed by atoms with Crippen molar-refractivity contribution in [1.82, 2.24) is 0 Å². The summed E-state index contributed by atoms with van der Waals surface area (Å²) in [6.45, 7) is 4.60. The predicted molar refractivity (Wildman–Crippen MR) is 170 cm³/mol. The molecule has 0 unspecified atom stereocenters. The molecule has 14 heteroatoms. The molecule has 3 rings (SSSR count). The van der Waals surface area contributed by atoms with Crippen LogP contribution in [0.4, 0.5) is 8.78 Å². The van der Waals surface area contributed by atoms with E-state index >= 15 is 0 Å². The van der Waals surface area contributed by atoms with E-state index in [-0.39, 0.29) is 98.7 Å². The number of carboxylic acids is 1. The average molecular weight is 701 g/mol. The Morgan fingerprint density at radius 3 is 2.05 bits per heavy atom. The third-order valence-electron chi connectivity index (χ3n) is 5.71. The standard InChI is InChI=1S/C27H28BrF2O6PS.3Na.3H/c1-17(2)11-12-36-25-10-8-21(14-22(25)26(31)32)20-6-3-18(4-7-20)15-38-16-19-5-9-23(24(28)13-19)27(29,30)37(33,34)35;;;;;;/h3-10,13-14,17H,11-12,15-16H2,1-2H3,(H,31,32)(H2,33,34,35);;;;;;. The Morgan fingerprint density at radius 1 is 0.951 bits per heavy atom.